The summed E-state index contributed by atoms with van der Waals surface area (Å²) in [5, 5.41) is 11.8. The van der Waals surface area contributed by atoms with Crippen molar-refractivity contribution in [1.29, 1.82) is 0 Å². The molecule has 3 heterocycles. The highest BCUT2D eigenvalue weighted by molar-refractivity contribution is 5.95. The van der Waals surface area contributed by atoms with Crippen LogP contribution in [-0.2, 0) is 0 Å². The van der Waals surface area contributed by atoms with Crippen LogP contribution in [0.3, 0.4) is 0 Å². The number of anilines is 3. The summed E-state index contributed by atoms with van der Waals surface area (Å²) >= 11 is 0. The zero-order chi connectivity index (χ0) is 22.5. The van der Waals surface area contributed by atoms with Gasteiger partial charge in [0.2, 0.25) is 0 Å². The minimum absolute atomic E-state index is 0.0669. The first-order chi connectivity index (χ1) is 16.3. The number of aromatic nitrogens is 3. The fraction of sp³-hybridized carbons (Fsp3) is 0.154. The monoisotopic (exact) mass is 436 g/mol. The van der Waals surface area contributed by atoms with Crippen molar-refractivity contribution in [3.63, 3.8) is 0 Å². The predicted molar refractivity (Wildman–Crippen MR) is 130 cm³/mol. The van der Waals surface area contributed by atoms with Crippen LogP contribution < -0.4 is 10.2 Å². The van der Waals surface area contributed by atoms with Crippen molar-refractivity contribution < 1.29 is 4.79 Å². The molecule has 0 saturated carbocycles. The number of hydrogen-bond donors (Lipinski definition) is 1. The van der Waals surface area contributed by atoms with E-state index in [1.165, 1.54) is 0 Å². The van der Waals surface area contributed by atoms with E-state index in [1.807, 2.05) is 71.6 Å². The molecule has 0 radical (unpaired) electrons. The largest absolute Gasteiger partial charge is 0.352 e. The summed E-state index contributed by atoms with van der Waals surface area (Å²) in [6.45, 7) is 2.75. The maximum Gasteiger partial charge on any atom is 0.253 e. The number of carbonyl (C=O) groups is 1. The zero-order valence-electron chi connectivity index (χ0n) is 18.1. The molecule has 0 unspecified atom stereocenters. The lowest BCUT2D eigenvalue weighted by molar-refractivity contribution is 0.0746. The van der Waals surface area contributed by atoms with E-state index >= 15 is 0 Å². The lowest BCUT2D eigenvalue weighted by atomic mass is 10.0. The van der Waals surface area contributed by atoms with Crippen LogP contribution in [0.2, 0.25) is 0 Å². The van der Waals surface area contributed by atoms with E-state index in [0.717, 1.165) is 41.3 Å². The van der Waals surface area contributed by atoms with Gasteiger partial charge in [0.1, 0.15) is 0 Å². The van der Waals surface area contributed by atoms with Crippen molar-refractivity contribution in [2.45, 2.75) is 0 Å². The van der Waals surface area contributed by atoms with Gasteiger partial charge in [-0.1, -0.05) is 42.5 Å². The van der Waals surface area contributed by atoms with Gasteiger partial charge in [-0.25, -0.2) is 0 Å². The third kappa shape index (κ3) is 4.82. The molecule has 7 heteroatoms. The summed E-state index contributed by atoms with van der Waals surface area (Å²) in [5.74, 6) is 1.56. The number of pyridine rings is 1. The van der Waals surface area contributed by atoms with Gasteiger partial charge in [0.15, 0.2) is 11.6 Å². The van der Waals surface area contributed by atoms with E-state index in [4.69, 9.17) is 0 Å². The first-order valence-electron chi connectivity index (χ1n) is 11.0. The maximum absolute atomic E-state index is 13.0. The van der Waals surface area contributed by atoms with Crippen LogP contribution in [-0.4, -0.2) is 52.2 Å². The quantitative estimate of drug-likeness (QED) is 0.504. The second-order valence-corrected chi connectivity index (χ2v) is 7.86. The molecule has 0 aliphatic carbocycles. The number of hydrogen-bond acceptors (Lipinski definition) is 6. The van der Waals surface area contributed by atoms with Crippen molar-refractivity contribution in [3.05, 3.63) is 96.8 Å². The Balaban J connectivity index is 1.17. The molecule has 0 bridgehead atoms. The van der Waals surface area contributed by atoms with Crippen molar-refractivity contribution in [2.24, 2.45) is 0 Å². The van der Waals surface area contributed by atoms with E-state index in [2.05, 4.69) is 37.5 Å². The van der Waals surface area contributed by atoms with Crippen LogP contribution >= 0.6 is 0 Å². The normalized spacial score (nSPS) is 13.6. The molecule has 0 spiro atoms. The Morgan fingerprint density at radius 3 is 2.09 bits per heavy atom. The number of rotatable bonds is 5. The molecule has 1 N–H and O–H groups in total. The second kappa shape index (κ2) is 9.48. The molecule has 2 aromatic carbocycles. The van der Waals surface area contributed by atoms with Crippen molar-refractivity contribution in [3.8, 4) is 11.1 Å². The van der Waals surface area contributed by atoms with Gasteiger partial charge >= 0.3 is 0 Å². The smallest absolute Gasteiger partial charge is 0.253 e. The molecule has 4 aromatic rings. The summed E-state index contributed by atoms with van der Waals surface area (Å²) in [5.41, 5.74) is 3.89. The van der Waals surface area contributed by atoms with Gasteiger partial charge in [0.05, 0.1) is 0 Å². The molecule has 33 heavy (non-hydrogen) atoms. The van der Waals surface area contributed by atoms with Gasteiger partial charge < -0.3 is 15.1 Å². The Hall–Kier alpha value is -4.26. The van der Waals surface area contributed by atoms with E-state index < -0.39 is 0 Å². The average Bonchev–Trinajstić information content (AvgIpc) is 2.90. The second-order valence-electron chi connectivity index (χ2n) is 7.86. The number of nitrogens with one attached hydrogen (secondary N) is 1. The molecular formula is C26H24N6O. The lowest BCUT2D eigenvalue weighted by Gasteiger charge is -2.35. The first kappa shape index (κ1) is 20.6. The van der Waals surface area contributed by atoms with Crippen LogP contribution in [0.4, 0.5) is 17.3 Å². The average molecular weight is 437 g/mol. The van der Waals surface area contributed by atoms with E-state index in [-0.39, 0.29) is 5.91 Å². The molecule has 1 aliphatic heterocycles. The minimum Gasteiger partial charge on any atom is -0.352 e. The topological polar surface area (TPSA) is 74.2 Å². The number of piperazine rings is 1. The molecule has 1 fully saturated rings. The number of benzene rings is 2. The predicted octanol–water partition coefficient (Wildman–Crippen LogP) is 4.24. The molecule has 0 atom stereocenters. The number of amides is 1. The van der Waals surface area contributed by atoms with E-state index in [1.54, 1.807) is 12.4 Å². The fourth-order valence-electron chi connectivity index (χ4n) is 3.90. The molecular weight excluding hydrogens is 412 g/mol. The fourth-order valence-corrected chi connectivity index (χ4v) is 3.90. The molecule has 1 amide bonds. The van der Waals surface area contributed by atoms with Crippen LogP contribution in [0.15, 0.2) is 91.3 Å². The Labute approximate surface area is 192 Å². The van der Waals surface area contributed by atoms with Crippen LogP contribution in [0, 0.1) is 0 Å². The molecule has 5 rings (SSSR count). The Morgan fingerprint density at radius 1 is 0.727 bits per heavy atom. The van der Waals surface area contributed by atoms with Crippen molar-refractivity contribution >= 4 is 23.2 Å². The SMILES string of the molecule is O=C(c1ccc(-c2ccccc2)cc1)N1CCN(c2ccc(Nc3ccncc3)nn2)CC1. The number of carbonyl (C=O) groups excluding carboxylic acids is 1. The van der Waals surface area contributed by atoms with Gasteiger partial charge in [-0.3, -0.25) is 9.78 Å². The Morgan fingerprint density at radius 2 is 1.42 bits per heavy atom. The summed E-state index contributed by atoms with van der Waals surface area (Å²) in [6, 6.07) is 25.6. The molecule has 164 valence electrons. The summed E-state index contributed by atoms with van der Waals surface area (Å²) in [7, 11) is 0. The minimum atomic E-state index is 0.0669. The van der Waals surface area contributed by atoms with Gasteiger partial charge in [-0.05, 0) is 47.5 Å². The van der Waals surface area contributed by atoms with Gasteiger partial charge in [0.25, 0.3) is 5.91 Å². The first-order valence-corrected chi connectivity index (χ1v) is 11.0. The van der Waals surface area contributed by atoms with Gasteiger partial charge in [0, 0.05) is 49.8 Å². The highest BCUT2D eigenvalue weighted by Gasteiger charge is 2.23. The van der Waals surface area contributed by atoms with E-state index in [0.29, 0.717) is 18.9 Å². The third-order valence-corrected chi connectivity index (χ3v) is 5.73. The van der Waals surface area contributed by atoms with Gasteiger partial charge in [-0.2, -0.15) is 0 Å². The van der Waals surface area contributed by atoms with Gasteiger partial charge in [-0.15, -0.1) is 10.2 Å². The van der Waals surface area contributed by atoms with Crippen molar-refractivity contribution in [2.75, 3.05) is 36.4 Å². The molecule has 7 nitrogen and oxygen atoms in total. The number of nitrogens with zero attached hydrogens (tertiary/aromatic N) is 5. The standard InChI is InChI=1S/C26H24N6O/c33-26(22-8-6-21(7-9-22)20-4-2-1-3-5-20)32-18-16-31(17-19-32)25-11-10-24(29-30-25)28-23-12-14-27-15-13-23/h1-15H,16-19H2,(H,27,28,29). The highest BCUT2D eigenvalue weighted by Crippen LogP contribution is 2.21. The Kier molecular flexibility index (Phi) is 5.93. The summed E-state index contributed by atoms with van der Waals surface area (Å²) in [4.78, 5) is 21.0. The molecule has 2 aromatic heterocycles. The van der Waals surface area contributed by atoms with Crippen LogP contribution in [0.5, 0.6) is 0 Å². The van der Waals surface area contributed by atoms with Crippen LogP contribution in [0.1, 0.15) is 10.4 Å². The third-order valence-electron chi connectivity index (χ3n) is 5.73. The highest BCUT2D eigenvalue weighted by atomic mass is 16.2. The van der Waals surface area contributed by atoms with Crippen molar-refractivity contribution in [1.82, 2.24) is 20.1 Å². The van der Waals surface area contributed by atoms with E-state index in [9.17, 15) is 4.79 Å². The lowest BCUT2D eigenvalue weighted by Crippen LogP contribution is -2.49. The Bertz CT molecular complexity index is 1190. The van der Waals surface area contributed by atoms with Crippen LogP contribution in [0.25, 0.3) is 11.1 Å². The maximum atomic E-state index is 13.0. The summed E-state index contributed by atoms with van der Waals surface area (Å²) in [6.07, 6.45) is 3.45. The molecule has 1 saturated heterocycles. The molecule has 1 aliphatic rings. The zero-order valence-corrected chi connectivity index (χ0v) is 18.1. The summed E-state index contributed by atoms with van der Waals surface area (Å²) < 4.78 is 0.